The van der Waals surface area contributed by atoms with Crippen LogP contribution in [0.5, 0.6) is 0 Å². The van der Waals surface area contributed by atoms with Gasteiger partial charge >= 0.3 is 0 Å². The van der Waals surface area contributed by atoms with Crippen molar-refractivity contribution < 1.29 is 0 Å². The molecule has 0 heteroatoms. The van der Waals surface area contributed by atoms with Gasteiger partial charge in [0.2, 0.25) is 0 Å². The molecular formula is C25H20. The van der Waals surface area contributed by atoms with E-state index in [2.05, 4.69) is 61.1 Å². The Balaban J connectivity index is 2.01. The van der Waals surface area contributed by atoms with E-state index in [-0.39, 0.29) is 0 Å². The molecule has 0 spiro atoms. The van der Waals surface area contributed by atoms with Gasteiger partial charge in [0.15, 0.2) is 0 Å². The molecule has 3 aromatic rings. The molecule has 0 bridgehead atoms. The molecule has 0 atom stereocenters. The summed E-state index contributed by atoms with van der Waals surface area (Å²) in [6, 6.07) is 28.7. The summed E-state index contributed by atoms with van der Waals surface area (Å²) in [4.78, 5) is 0. The highest BCUT2D eigenvalue weighted by atomic mass is 14.3. The van der Waals surface area contributed by atoms with Crippen LogP contribution in [0.1, 0.15) is 28.7 Å². The summed E-state index contributed by atoms with van der Waals surface area (Å²) in [7, 11) is 0. The first-order valence-electron chi connectivity index (χ1n) is 8.39. The van der Waals surface area contributed by atoms with Crippen molar-refractivity contribution in [2.45, 2.75) is 18.8 Å². The molecule has 0 nitrogen and oxygen atoms in total. The van der Waals surface area contributed by atoms with Crippen LogP contribution < -0.4 is 0 Å². The van der Waals surface area contributed by atoms with Gasteiger partial charge in [-0.05, 0) is 30.2 Å². The first-order chi connectivity index (χ1) is 12.2. The standard InChI is InChI=1S/C25H20/c1-3-25(23-12-6-4-7-13-23,24-14-8-5-9-15-24)20-10-11-22-18-16-21(2)17-19-22/h1,4-9,12-19H,20H2,2H3. The molecule has 0 aliphatic heterocycles. The summed E-state index contributed by atoms with van der Waals surface area (Å²) in [5.41, 5.74) is 3.90. The maximum absolute atomic E-state index is 6.05. The third-order valence-corrected chi connectivity index (χ3v) is 4.42. The second-order valence-corrected chi connectivity index (χ2v) is 6.13. The maximum Gasteiger partial charge on any atom is 0.0918 e. The summed E-state index contributed by atoms with van der Waals surface area (Å²) in [5.74, 6) is 9.61. The Morgan fingerprint density at radius 2 is 1.28 bits per heavy atom. The van der Waals surface area contributed by atoms with Crippen molar-refractivity contribution in [3.63, 3.8) is 0 Å². The lowest BCUT2D eigenvalue weighted by Crippen LogP contribution is -2.25. The number of terminal acetylenes is 1. The summed E-state index contributed by atoms with van der Waals surface area (Å²) in [6.45, 7) is 2.07. The van der Waals surface area contributed by atoms with Crippen molar-refractivity contribution in [2.75, 3.05) is 0 Å². The molecule has 0 amide bonds. The van der Waals surface area contributed by atoms with Crippen LogP contribution in [0.4, 0.5) is 0 Å². The minimum Gasteiger partial charge on any atom is -0.119 e. The monoisotopic (exact) mass is 320 g/mol. The Bertz CT molecular complexity index is 875. The van der Waals surface area contributed by atoms with Gasteiger partial charge < -0.3 is 0 Å². The first-order valence-corrected chi connectivity index (χ1v) is 8.39. The van der Waals surface area contributed by atoms with Crippen LogP contribution in [0.3, 0.4) is 0 Å². The van der Waals surface area contributed by atoms with Crippen molar-refractivity contribution in [2.24, 2.45) is 0 Å². The average Bonchev–Trinajstić information content (AvgIpc) is 2.68. The maximum atomic E-state index is 6.05. The van der Waals surface area contributed by atoms with Crippen LogP contribution in [-0.2, 0) is 5.41 Å². The smallest absolute Gasteiger partial charge is 0.0918 e. The normalized spacial score (nSPS) is 10.4. The molecule has 0 heterocycles. The third kappa shape index (κ3) is 3.65. The summed E-state index contributed by atoms with van der Waals surface area (Å²) >= 11 is 0. The number of hydrogen-bond acceptors (Lipinski definition) is 0. The molecule has 3 aromatic carbocycles. The zero-order chi connectivity index (χ0) is 17.5. The second kappa shape index (κ2) is 7.57. The van der Waals surface area contributed by atoms with Gasteiger partial charge in [-0.3, -0.25) is 0 Å². The first kappa shape index (κ1) is 16.6. The highest BCUT2D eigenvalue weighted by Gasteiger charge is 2.31. The Hall–Kier alpha value is -3.22. The molecule has 0 saturated carbocycles. The molecule has 0 N–H and O–H groups in total. The SMILES string of the molecule is C#CC(CC#Cc1ccc(C)cc1)(c1ccccc1)c1ccccc1. The summed E-state index contributed by atoms with van der Waals surface area (Å²) < 4.78 is 0. The van der Waals surface area contributed by atoms with Crippen molar-refractivity contribution in [3.8, 4) is 24.2 Å². The Kier molecular flexibility index (Phi) is 5.03. The van der Waals surface area contributed by atoms with Crippen LogP contribution >= 0.6 is 0 Å². The minimum absolute atomic E-state index is 0.541. The Labute approximate surface area is 150 Å². The molecular weight excluding hydrogens is 300 g/mol. The van der Waals surface area contributed by atoms with Gasteiger partial charge in [0.25, 0.3) is 0 Å². The van der Waals surface area contributed by atoms with E-state index in [4.69, 9.17) is 6.42 Å². The molecule has 120 valence electrons. The molecule has 25 heavy (non-hydrogen) atoms. The van der Waals surface area contributed by atoms with Crippen molar-refractivity contribution >= 4 is 0 Å². The van der Waals surface area contributed by atoms with Crippen LogP contribution in [-0.4, -0.2) is 0 Å². The van der Waals surface area contributed by atoms with Gasteiger partial charge in [-0.1, -0.05) is 96.1 Å². The van der Waals surface area contributed by atoms with Crippen molar-refractivity contribution in [1.82, 2.24) is 0 Å². The fraction of sp³-hybridized carbons (Fsp3) is 0.120. The zero-order valence-corrected chi connectivity index (χ0v) is 14.4. The Morgan fingerprint density at radius 3 is 1.76 bits per heavy atom. The van der Waals surface area contributed by atoms with Crippen LogP contribution in [0.25, 0.3) is 0 Å². The molecule has 0 aliphatic rings. The number of aryl methyl sites for hydroxylation is 1. The van der Waals surface area contributed by atoms with Gasteiger partial charge in [-0.15, -0.1) is 6.42 Å². The van der Waals surface area contributed by atoms with Crippen molar-refractivity contribution in [3.05, 3.63) is 107 Å². The molecule has 0 saturated heterocycles. The van der Waals surface area contributed by atoms with Crippen LogP contribution in [0.15, 0.2) is 84.9 Å². The lowest BCUT2D eigenvalue weighted by atomic mass is 9.73. The minimum atomic E-state index is -0.541. The Morgan fingerprint density at radius 1 is 0.760 bits per heavy atom. The van der Waals surface area contributed by atoms with Crippen molar-refractivity contribution in [1.29, 1.82) is 0 Å². The fourth-order valence-corrected chi connectivity index (χ4v) is 2.95. The van der Waals surface area contributed by atoms with E-state index in [0.717, 1.165) is 16.7 Å². The topological polar surface area (TPSA) is 0 Å². The molecule has 0 aliphatic carbocycles. The largest absolute Gasteiger partial charge is 0.119 e. The van der Waals surface area contributed by atoms with Gasteiger partial charge in [0, 0.05) is 12.0 Å². The predicted octanol–water partition coefficient (Wildman–Crippen LogP) is 5.36. The average molecular weight is 320 g/mol. The molecule has 0 fully saturated rings. The van der Waals surface area contributed by atoms with E-state index in [1.807, 2.05) is 48.5 Å². The van der Waals surface area contributed by atoms with E-state index in [0.29, 0.717) is 6.42 Å². The molecule has 0 aromatic heterocycles. The number of benzene rings is 3. The van der Waals surface area contributed by atoms with E-state index >= 15 is 0 Å². The predicted molar refractivity (Wildman–Crippen MR) is 105 cm³/mol. The van der Waals surface area contributed by atoms with Gasteiger partial charge in [-0.2, -0.15) is 0 Å². The van der Waals surface area contributed by atoms with Gasteiger partial charge in [0.1, 0.15) is 0 Å². The highest BCUT2D eigenvalue weighted by Crippen LogP contribution is 2.34. The number of hydrogen-bond donors (Lipinski definition) is 0. The van der Waals surface area contributed by atoms with E-state index in [1.165, 1.54) is 5.56 Å². The quantitative estimate of drug-likeness (QED) is 0.570. The van der Waals surface area contributed by atoms with Gasteiger partial charge in [0.05, 0.1) is 5.41 Å². The van der Waals surface area contributed by atoms with Crippen LogP contribution in [0.2, 0.25) is 0 Å². The summed E-state index contributed by atoms with van der Waals surface area (Å²) in [5, 5.41) is 0. The van der Waals surface area contributed by atoms with Gasteiger partial charge in [-0.25, -0.2) is 0 Å². The van der Waals surface area contributed by atoms with E-state index < -0.39 is 5.41 Å². The highest BCUT2D eigenvalue weighted by molar-refractivity contribution is 5.49. The summed E-state index contributed by atoms with van der Waals surface area (Å²) in [6.07, 6.45) is 6.63. The second-order valence-electron chi connectivity index (χ2n) is 6.13. The van der Waals surface area contributed by atoms with E-state index in [1.54, 1.807) is 0 Å². The van der Waals surface area contributed by atoms with E-state index in [9.17, 15) is 0 Å². The van der Waals surface area contributed by atoms with Crippen LogP contribution in [0, 0.1) is 31.1 Å². The lowest BCUT2D eigenvalue weighted by molar-refractivity contribution is 0.692. The third-order valence-electron chi connectivity index (χ3n) is 4.42. The fourth-order valence-electron chi connectivity index (χ4n) is 2.95. The zero-order valence-electron chi connectivity index (χ0n) is 14.4. The molecule has 0 unspecified atom stereocenters. The molecule has 3 rings (SSSR count). The lowest BCUT2D eigenvalue weighted by Gasteiger charge is -2.27. The molecule has 0 radical (unpaired) electrons. The number of rotatable bonds is 3.